The van der Waals surface area contributed by atoms with Crippen molar-refractivity contribution in [3.8, 4) is 5.75 Å². The highest BCUT2D eigenvalue weighted by atomic mass is 32.2. The Bertz CT molecular complexity index is 1130. The number of sulfonamides is 1. The molecule has 2 aromatic carbocycles. The Balaban J connectivity index is 1.89. The minimum absolute atomic E-state index is 0.0869. The fraction of sp³-hybridized carbons (Fsp3) is 0.238. The Morgan fingerprint density at radius 3 is 2.60 bits per heavy atom. The number of hydrogen-bond donors (Lipinski definition) is 2. The van der Waals surface area contributed by atoms with Gasteiger partial charge >= 0.3 is 0 Å². The van der Waals surface area contributed by atoms with Gasteiger partial charge in [-0.2, -0.15) is 5.10 Å². The third kappa shape index (κ3) is 5.05. The predicted molar refractivity (Wildman–Crippen MR) is 114 cm³/mol. The largest absolute Gasteiger partial charge is 0.495 e. The lowest BCUT2D eigenvalue weighted by molar-refractivity contribution is 0.102. The molecule has 30 heavy (non-hydrogen) atoms. The van der Waals surface area contributed by atoms with E-state index in [0.717, 1.165) is 5.56 Å². The molecule has 0 aliphatic rings. The van der Waals surface area contributed by atoms with Crippen molar-refractivity contribution in [2.75, 3.05) is 12.4 Å². The zero-order valence-electron chi connectivity index (χ0n) is 17.0. The van der Waals surface area contributed by atoms with E-state index in [4.69, 9.17) is 4.74 Å². The van der Waals surface area contributed by atoms with Gasteiger partial charge in [0.15, 0.2) is 0 Å². The molecule has 0 fully saturated rings. The van der Waals surface area contributed by atoms with Crippen molar-refractivity contribution >= 4 is 21.6 Å². The van der Waals surface area contributed by atoms with E-state index < -0.39 is 15.9 Å². The quantitative estimate of drug-likeness (QED) is 0.574. The number of aromatic nitrogens is 2. The first-order valence-corrected chi connectivity index (χ1v) is 10.9. The second kappa shape index (κ2) is 9.10. The number of carbonyl (C=O) groups is 1. The standard InChI is InChI=1S/C21H24N4O4S/c1-15(2)24-30(27,28)20-13-16(9-10-19(20)29-3)21(26)23-18-8-5-4-7-17(18)14-25-12-6-11-22-25/h4-13,15,24H,14H2,1-3H3,(H,23,26). The number of methoxy groups -OCH3 is 1. The topological polar surface area (TPSA) is 102 Å². The number of amides is 1. The van der Waals surface area contributed by atoms with Crippen LogP contribution in [-0.4, -0.2) is 37.3 Å². The Labute approximate surface area is 175 Å². The molecule has 8 nitrogen and oxygen atoms in total. The SMILES string of the molecule is COc1ccc(C(=O)Nc2ccccc2Cn2cccn2)cc1S(=O)(=O)NC(C)C. The van der Waals surface area contributed by atoms with Crippen LogP contribution in [0.25, 0.3) is 0 Å². The van der Waals surface area contributed by atoms with E-state index in [1.54, 1.807) is 30.8 Å². The van der Waals surface area contributed by atoms with Crippen molar-refractivity contribution in [1.29, 1.82) is 0 Å². The molecule has 2 N–H and O–H groups in total. The van der Waals surface area contributed by atoms with Crippen molar-refractivity contribution < 1.29 is 17.9 Å². The summed E-state index contributed by atoms with van der Waals surface area (Å²) in [7, 11) is -2.46. The number of nitrogens with one attached hydrogen (secondary N) is 2. The maximum atomic E-state index is 12.9. The van der Waals surface area contributed by atoms with Crippen LogP contribution in [0.5, 0.6) is 5.75 Å². The van der Waals surface area contributed by atoms with Gasteiger partial charge in [0.2, 0.25) is 10.0 Å². The number of ether oxygens (including phenoxy) is 1. The van der Waals surface area contributed by atoms with Crippen LogP contribution in [0.2, 0.25) is 0 Å². The molecule has 0 atom stereocenters. The second-order valence-electron chi connectivity index (χ2n) is 6.96. The Kier molecular flexibility index (Phi) is 6.53. The molecule has 0 radical (unpaired) electrons. The average molecular weight is 429 g/mol. The third-order valence-corrected chi connectivity index (χ3v) is 5.94. The maximum absolute atomic E-state index is 12.9. The lowest BCUT2D eigenvalue weighted by Gasteiger charge is -2.15. The van der Waals surface area contributed by atoms with Gasteiger partial charge in [-0.25, -0.2) is 13.1 Å². The first-order valence-electron chi connectivity index (χ1n) is 9.37. The van der Waals surface area contributed by atoms with Crippen LogP contribution in [0, 0.1) is 0 Å². The summed E-state index contributed by atoms with van der Waals surface area (Å²) in [6.45, 7) is 3.93. The molecule has 0 unspecified atom stereocenters. The van der Waals surface area contributed by atoms with E-state index in [-0.39, 0.29) is 22.3 Å². The van der Waals surface area contributed by atoms with E-state index in [1.807, 2.05) is 30.5 Å². The normalized spacial score (nSPS) is 11.5. The molecule has 1 amide bonds. The van der Waals surface area contributed by atoms with Crippen molar-refractivity contribution in [3.63, 3.8) is 0 Å². The number of carbonyl (C=O) groups excluding carboxylic acids is 1. The molecule has 0 bridgehead atoms. The van der Waals surface area contributed by atoms with Gasteiger partial charge in [-0.1, -0.05) is 18.2 Å². The number of benzene rings is 2. The summed E-state index contributed by atoms with van der Waals surface area (Å²) in [5.74, 6) is -0.259. The summed E-state index contributed by atoms with van der Waals surface area (Å²) in [4.78, 5) is 12.8. The van der Waals surface area contributed by atoms with Crippen LogP contribution in [-0.2, 0) is 16.6 Å². The minimum Gasteiger partial charge on any atom is -0.495 e. The van der Waals surface area contributed by atoms with Crippen LogP contribution in [0.3, 0.4) is 0 Å². The molecular formula is C21H24N4O4S. The molecule has 1 heterocycles. The lowest BCUT2D eigenvalue weighted by atomic mass is 10.1. The van der Waals surface area contributed by atoms with Gasteiger partial charge in [0, 0.05) is 29.7 Å². The number of rotatable bonds is 8. The number of anilines is 1. The van der Waals surface area contributed by atoms with Gasteiger partial charge in [-0.3, -0.25) is 9.48 Å². The fourth-order valence-corrected chi connectivity index (χ4v) is 4.39. The van der Waals surface area contributed by atoms with Crippen LogP contribution in [0.15, 0.2) is 65.8 Å². The highest BCUT2D eigenvalue weighted by molar-refractivity contribution is 7.89. The van der Waals surface area contributed by atoms with E-state index >= 15 is 0 Å². The summed E-state index contributed by atoms with van der Waals surface area (Å²) < 4.78 is 34.8. The van der Waals surface area contributed by atoms with Crippen LogP contribution < -0.4 is 14.8 Å². The highest BCUT2D eigenvalue weighted by Gasteiger charge is 2.22. The molecule has 0 saturated carbocycles. The summed E-state index contributed by atoms with van der Waals surface area (Å²) in [5.41, 5.74) is 1.70. The molecule has 3 aromatic rings. The van der Waals surface area contributed by atoms with E-state index in [1.165, 1.54) is 25.3 Å². The molecule has 1 aromatic heterocycles. The van der Waals surface area contributed by atoms with Crippen LogP contribution in [0.4, 0.5) is 5.69 Å². The summed E-state index contributed by atoms with van der Waals surface area (Å²) in [6.07, 6.45) is 3.52. The molecule has 158 valence electrons. The lowest BCUT2D eigenvalue weighted by Crippen LogP contribution is -2.30. The molecule has 9 heteroatoms. The van der Waals surface area contributed by atoms with Crippen molar-refractivity contribution in [3.05, 3.63) is 72.1 Å². The highest BCUT2D eigenvalue weighted by Crippen LogP contribution is 2.26. The average Bonchev–Trinajstić information content (AvgIpc) is 3.21. The smallest absolute Gasteiger partial charge is 0.255 e. The Morgan fingerprint density at radius 2 is 1.93 bits per heavy atom. The fourth-order valence-electron chi connectivity index (χ4n) is 2.94. The first-order chi connectivity index (χ1) is 14.3. The van der Waals surface area contributed by atoms with E-state index in [9.17, 15) is 13.2 Å². The van der Waals surface area contributed by atoms with Crippen molar-refractivity contribution in [1.82, 2.24) is 14.5 Å². The zero-order valence-corrected chi connectivity index (χ0v) is 17.8. The Morgan fingerprint density at radius 1 is 1.17 bits per heavy atom. The van der Waals surface area contributed by atoms with Gasteiger partial charge in [-0.15, -0.1) is 0 Å². The Hall–Kier alpha value is -3.17. The molecule has 0 saturated heterocycles. The summed E-state index contributed by atoms with van der Waals surface area (Å²) >= 11 is 0. The molecule has 0 spiro atoms. The van der Waals surface area contributed by atoms with Gasteiger partial charge in [0.05, 0.1) is 13.7 Å². The van der Waals surface area contributed by atoms with Crippen LogP contribution >= 0.6 is 0 Å². The monoisotopic (exact) mass is 428 g/mol. The van der Waals surface area contributed by atoms with Gasteiger partial charge < -0.3 is 10.1 Å². The second-order valence-corrected chi connectivity index (χ2v) is 8.64. The maximum Gasteiger partial charge on any atom is 0.255 e. The predicted octanol–water partition coefficient (Wildman–Crippen LogP) is 2.88. The van der Waals surface area contributed by atoms with E-state index in [2.05, 4.69) is 15.1 Å². The van der Waals surface area contributed by atoms with Crippen molar-refractivity contribution in [2.45, 2.75) is 31.3 Å². The molecular weight excluding hydrogens is 404 g/mol. The number of hydrogen-bond acceptors (Lipinski definition) is 5. The molecule has 0 aliphatic heterocycles. The molecule has 3 rings (SSSR count). The molecule has 0 aliphatic carbocycles. The summed E-state index contributed by atoms with van der Waals surface area (Å²) in [6, 6.07) is 13.2. The number of para-hydroxylation sites is 1. The summed E-state index contributed by atoms with van der Waals surface area (Å²) in [5, 5.41) is 7.05. The van der Waals surface area contributed by atoms with Gasteiger partial charge in [0.1, 0.15) is 10.6 Å². The first kappa shape index (κ1) is 21.5. The minimum atomic E-state index is -3.84. The van der Waals surface area contributed by atoms with Crippen molar-refractivity contribution in [2.24, 2.45) is 0 Å². The number of nitrogens with zero attached hydrogens (tertiary/aromatic N) is 2. The van der Waals surface area contributed by atoms with Gasteiger partial charge in [0.25, 0.3) is 5.91 Å². The van der Waals surface area contributed by atoms with Crippen LogP contribution in [0.1, 0.15) is 29.8 Å². The zero-order chi connectivity index (χ0) is 21.7. The van der Waals surface area contributed by atoms with E-state index in [0.29, 0.717) is 12.2 Å². The van der Waals surface area contributed by atoms with Gasteiger partial charge in [-0.05, 0) is 49.7 Å². The third-order valence-electron chi connectivity index (χ3n) is 4.26.